The highest BCUT2D eigenvalue weighted by Gasteiger charge is 2.40. The summed E-state index contributed by atoms with van der Waals surface area (Å²) in [6.45, 7) is 23.2. The molecule has 0 saturated heterocycles. The number of esters is 1. The number of carbonyl (C=O) groups excluding carboxylic acids is 1. The molecule has 3 unspecified atom stereocenters. The van der Waals surface area contributed by atoms with Crippen molar-refractivity contribution < 1.29 is 24.1 Å². The maximum absolute atomic E-state index is 11.3. The van der Waals surface area contributed by atoms with E-state index in [1.165, 1.54) is 18.2 Å². The van der Waals surface area contributed by atoms with Crippen LogP contribution >= 0.6 is 0 Å². The molecular weight excluding hydrogens is 476 g/mol. The fourth-order valence-electron chi connectivity index (χ4n) is 3.17. The number of benzene rings is 2. The highest BCUT2D eigenvalue weighted by molar-refractivity contribution is 5.76. The van der Waals surface area contributed by atoms with Gasteiger partial charge in [-0.3, -0.25) is 4.79 Å². The summed E-state index contributed by atoms with van der Waals surface area (Å²) < 4.78 is 15.6. The fourth-order valence-corrected chi connectivity index (χ4v) is 3.17. The molecule has 2 aromatic carbocycles. The lowest BCUT2D eigenvalue weighted by Crippen LogP contribution is -2.38. The van der Waals surface area contributed by atoms with Crippen LogP contribution < -0.4 is 4.74 Å². The molecule has 0 aromatic heterocycles. The molecule has 0 radical (unpaired) electrons. The van der Waals surface area contributed by atoms with Gasteiger partial charge < -0.3 is 19.3 Å². The second kappa shape index (κ2) is 17.1. The maximum Gasteiger partial charge on any atom is 0.311 e. The van der Waals surface area contributed by atoms with E-state index in [-0.39, 0.29) is 17.7 Å². The molecule has 0 aliphatic heterocycles. The third kappa shape index (κ3) is 12.3. The molecule has 0 aliphatic carbocycles. The van der Waals surface area contributed by atoms with Crippen LogP contribution in [0.2, 0.25) is 0 Å². The number of phenolic OH excluding ortho intramolecular Hbond substituents is 1. The van der Waals surface area contributed by atoms with Crippen LogP contribution in [0.5, 0.6) is 11.5 Å². The number of aromatic hydroxyl groups is 1. The summed E-state index contributed by atoms with van der Waals surface area (Å²) in [5, 5.41) is 9.01. The first-order valence-corrected chi connectivity index (χ1v) is 13.9. The zero-order valence-electron chi connectivity index (χ0n) is 26.1. The number of hydrogen-bond acceptors (Lipinski definition) is 5. The van der Waals surface area contributed by atoms with Crippen LogP contribution in [0.3, 0.4) is 0 Å². The molecule has 0 spiro atoms. The quantitative estimate of drug-likeness (QED) is 0.259. The Bertz CT molecular complexity index is 894. The van der Waals surface area contributed by atoms with Crippen molar-refractivity contribution in [2.45, 2.75) is 107 Å². The summed E-state index contributed by atoms with van der Waals surface area (Å²) in [7, 11) is 1.43. The lowest BCUT2D eigenvalue weighted by Gasteiger charge is -2.35. The fraction of sp³-hybridized carbons (Fsp3) is 0.606. The van der Waals surface area contributed by atoms with Gasteiger partial charge in [-0.2, -0.15) is 0 Å². The van der Waals surface area contributed by atoms with E-state index in [9.17, 15) is 4.79 Å². The third-order valence-corrected chi connectivity index (χ3v) is 7.41. The molecule has 0 aliphatic rings. The molecule has 5 nitrogen and oxygen atoms in total. The van der Waals surface area contributed by atoms with Crippen molar-refractivity contribution in [2.24, 2.45) is 10.8 Å². The molecule has 38 heavy (non-hydrogen) atoms. The molecule has 2 aromatic rings. The molecule has 0 saturated carbocycles. The van der Waals surface area contributed by atoms with Gasteiger partial charge in [-0.05, 0) is 93.2 Å². The molecular formula is C33H54O5. The molecule has 0 bridgehead atoms. The topological polar surface area (TPSA) is 65.0 Å². The number of methoxy groups -OCH3 is 1. The summed E-state index contributed by atoms with van der Waals surface area (Å²) in [6, 6.07) is 15.7. The van der Waals surface area contributed by atoms with Crippen molar-refractivity contribution in [3.05, 3.63) is 59.7 Å². The van der Waals surface area contributed by atoms with Crippen LogP contribution in [-0.4, -0.2) is 31.1 Å². The first-order chi connectivity index (χ1) is 17.6. The predicted molar refractivity (Wildman–Crippen MR) is 159 cm³/mol. The smallest absolute Gasteiger partial charge is 0.311 e. The Morgan fingerprint density at radius 2 is 1.21 bits per heavy atom. The van der Waals surface area contributed by atoms with Crippen LogP contribution in [-0.2, 0) is 14.3 Å². The van der Waals surface area contributed by atoms with Crippen molar-refractivity contribution in [1.29, 1.82) is 0 Å². The normalized spacial score (nSPS) is 13.6. The summed E-state index contributed by atoms with van der Waals surface area (Å²) in [5.74, 6) is 2.27. The number of ether oxygens (including phenoxy) is 3. The number of phenols is 1. The maximum atomic E-state index is 11.3. The van der Waals surface area contributed by atoms with E-state index in [0.29, 0.717) is 24.2 Å². The number of hydrogen-bond donors (Lipinski definition) is 1. The molecule has 0 fully saturated rings. The Hall–Kier alpha value is -2.53. The van der Waals surface area contributed by atoms with Crippen LogP contribution in [0.1, 0.15) is 112 Å². The van der Waals surface area contributed by atoms with Gasteiger partial charge in [0.25, 0.3) is 0 Å². The van der Waals surface area contributed by atoms with Gasteiger partial charge in [0, 0.05) is 6.61 Å². The van der Waals surface area contributed by atoms with Gasteiger partial charge in [-0.25, -0.2) is 0 Å². The average Bonchev–Trinajstić information content (AvgIpc) is 2.88. The summed E-state index contributed by atoms with van der Waals surface area (Å²) >= 11 is 0. The zero-order valence-corrected chi connectivity index (χ0v) is 26.1. The Labute approximate surface area is 232 Å². The van der Waals surface area contributed by atoms with E-state index in [0.717, 1.165) is 18.6 Å². The van der Waals surface area contributed by atoms with Crippen molar-refractivity contribution in [3.8, 4) is 11.5 Å². The molecule has 1 N–H and O–H groups in total. The van der Waals surface area contributed by atoms with Gasteiger partial charge >= 0.3 is 5.97 Å². The second-order valence-electron chi connectivity index (χ2n) is 11.3. The minimum atomic E-state index is -0.415. The van der Waals surface area contributed by atoms with Crippen LogP contribution in [0.15, 0.2) is 48.5 Å². The van der Waals surface area contributed by atoms with E-state index in [2.05, 4.69) is 39.8 Å². The number of carbonyl (C=O) groups is 1. The Balaban J connectivity index is 0.000000557. The average molecular weight is 531 g/mol. The van der Waals surface area contributed by atoms with Crippen molar-refractivity contribution in [2.75, 3.05) is 13.7 Å². The standard InChI is InChI=1S/C14H22O2.C10H14O.C9H18O2/c1-5-11(3)13-7-9-14(10-8-13)16-12(4)15-6-2;1-3-8(2)9-4-6-10(11)7-5-9;1-8(2,3)9(4,5)7(10)11-6/h7-12H,5-6H2,1-4H3;4-8,11H,3H2,1-2H3;1-6H3. The highest BCUT2D eigenvalue weighted by Crippen LogP contribution is 2.38. The monoisotopic (exact) mass is 530 g/mol. The summed E-state index contributed by atoms with van der Waals surface area (Å²) in [4.78, 5) is 11.3. The Morgan fingerprint density at radius 1 is 0.789 bits per heavy atom. The zero-order chi connectivity index (χ0) is 29.5. The summed E-state index contributed by atoms with van der Waals surface area (Å²) in [6.07, 6.45) is 2.12. The second-order valence-corrected chi connectivity index (χ2v) is 11.3. The molecule has 5 heteroatoms. The van der Waals surface area contributed by atoms with E-state index < -0.39 is 5.41 Å². The molecule has 2 rings (SSSR count). The SMILES string of the molecule is CCC(C)c1ccc(O)cc1.CCOC(C)Oc1ccc(C(C)CC)cc1.COC(=O)C(C)(C)C(C)(C)C. The van der Waals surface area contributed by atoms with E-state index >= 15 is 0 Å². The van der Waals surface area contributed by atoms with E-state index in [1.54, 1.807) is 12.1 Å². The van der Waals surface area contributed by atoms with Crippen molar-refractivity contribution in [3.63, 3.8) is 0 Å². The molecule has 0 heterocycles. The van der Waals surface area contributed by atoms with Gasteiger partial charge in [0.05, 0.1) is 12.5 Å². The van der Waals surface area contributed by atoms with Crippen molar-refractivity contribution in [1.82, 2.24) is 0 Å². The Kier molecular flexibility index (Phi) is 16.0. The third-order valence-electron chi connectivity index (χ3n) is 7.41. The Morgan fingerprint density at radius 3 is 1.53 bits per heavy atom. The van der Waals surface area contributed by atoms with Crippen LogP contribution in [0.25, 0.3) is 0 Å². The van der Waals surface area contributed by atoms with Gasteiger partial charge in [0.2, 0.25) is 0 Å². The lowest BCUT2D eigenvalue weighted by atomic mass is 9.69. The highest BCUT2D eigenvalue weighted by atomic mass is 16.7. The molecule has 0 amide bonds. The van der Waals surface area contributed by atoms with Gasteiger partial charge in [-0.1, -0.05) is 72.7 Å². The minimum absolute atomic E-state index is 0.0555. The van der Waals surface area contributed by atoms with Crippen LogP contribution in [0.4, 0.5) is 0 Å². The number of rotatable bonds is 9. The first-order valence-electron chi connectivity index (χ1n) is 13.9. The minimum Gasteiger partial charge on any atom is -0.508 e. The summed E-state index contributed by atoms with van der Waals surface area (Å²) in [5.41, 5.74) is 2.19. The lowest BCUT2D eigenvalue weighted by molar-refractivity contribution is -0.156. The van der Waals surface area contributed by atoms with E-state index in [1.807, 2.05) is 72.7 Å². The molecule has 3 atom stereocenters. The van der Waals surface area contributed by atoms with Crippen LogP contribution in [0, 0.1) is 10.8 Å². The van der Waals surface area contributed by atoms with Gasteiger partial charge in [0.15, 0.2) is 6.29 Å². The predicted octanol–water partition coefficient (Wildman–Crippen LogP) is 9.10. The largest absolute Gasteiger partial charge is 0.508 e. The van der Waals surface area contributed by atoms with Crippen molar-refractivity contribution >= 4 is 5.97 Å². The molecule has 216 valence electrons. The van der Waals surface area contributed by atoms with Gasteiger partial charge in [-0.15, -0.1) is 0 Å². The first kappa shape index (κ1) is 35.5. The van der Waals surface area contributed by atoms with E-state index in [4.69, 9.17) is 19.3 Å². The van der Waals surface area contributed by atoms with Gasteiger partial charge in [0.1, 0.15) is 11.5 Å².